The second-order valence-corrected chi connectivity index (χ2v) is 9.05. The molecule has 2 fully saturated rings. The third-order valence-electron chi connectivity index (χ3n) is 5.94. The van der Waals surface area contributed by atoms with Crippen LogP contribution < -0.4 is 10.2 Å². The summed E-state index contributed by atoms with van der Waals surface area (Å²) >= 11 is 3.52. The van der Waals surface area contributed by atoms with Crippen molar-refractivity contribution >= 4 is 55.9 Å². The van der Waals surface area contributed by atoms with Crippen molar-refractivity contribution in [3.8, 4) is 0 Å². The van der Waals surface area contributed by atoms with E-state index in [9.17, 15) is 9.59 Å². The highest BCUT2D eigenvalue weighted by Gasteiger charge is 2.32. The number of hydrogen-bond acceptors (Lipinski definition) is 6. The normalized spacial score (nSPS) is 16.3. The lowest BCUT2D eigenvalue weighted by molar-refractivity contribution is 0.0968. The molecule has 1 amide bonds. The van der Waals surface area contributed by atoms with Crippen molar-refractivity contribution in [3.05, 3.63) is 52.8 Å². The Morgan fingerprint density at radius 2 is 1.81 bits per heavy atom. The fourth-order valence-corrected chi connectivity index (χ4v) is 4.33. The molecule has 2 aromatic heterocycles. The van der Waals surface area contributed by atoms with Crippen LogP contribution in [0, 0.1) is 5.92 Å². The second-order valence-electron chi connectivity index (χ2n) is 8.13. The summed E-state index contributed by atoms with van der Waals surface area (Å²) in [4.78, 5) is 36.6. The van der Waals surface area contributed by atoms with Crippen molar-refractivity contribution in [1.29, 1.82) is 0 Å². The van der Waals surface area contributed by atoms with Crippen LogP contribution in [-0.4, -0.2) is 58.0 Å². The molecule has 1 aliphatic heterocycles. The first kappa shape index (κ1) is 20.7. The van der Waals surface area contributed by atoms with Gasteiger partial charge in [0.05, 0.1) is 28.7 Å². The number of hydrogen-bond donors (Lipinski definition) is 2. The molecule has 1 saturated heterocycles. The highest BCUT2D eigenvalue weighted by molar-refractivity contribution is 9.10. The molecule has 3 heterocycles. The highest BCUT2D eigenvalue weighted by Crippen LogP contribution is 2.38. The van der Waals surface area contributed by atoms with E-state index in [1.807, 2.05) is 30.3 Å². The zero-order chi connectivity index (χ0) is 22.2. The number of aromatic nitrogens is 2. The zero-order valence-corrected chi connectivity index (χ0v) is 18.9. The first-order chi connectivity index (χ1) is 15.5. The van der Waals surface area contributed by atoms with Crippen LogP contribution in [0.4, 0.5) is 22.0 Å². The van der Waals surface area contributed by atoms with Crippen LogP contribution in [-0.2, 0) is 0 Å². The molecule has 164 valence electrons. The van der Waals surface area contributed by atoms with Crippen LogP contribution in [0.15, 0.2) is 47.2 Å². The summed E-state index contributed by atoms with van der Waals surface area (Å²) in [5, 5.41) is 13.4. The quantitative estimate of drug-likeness (QED) is 0.501. The minimum atomic E-state index is -0.884. The summed E-state index contributed by atoms with van der Waals surface area (Å²) in [7, 11) is 0. The van der Waals surface area contributed by atoms with Gasteiger partial charge in [-0.05, 0) is 43.2 Å². The van der Waals surface area contributed by atoms with E-state index in [1.54, 1.807) is 12.4 Å². The molecule has 0 unspecified atom stereocenters. The van der Waals surface area contributed by atoms with Crippen LogP contribution in [0.3, 0.4) is 0 Å². The third kappa shape index (κ3) is 4.12. The molecule has 0 spiro atoms. The van der Waals surface area contributed by atoms with Gasteiger partial charge in [0.15, 0.2) is 5.78 Å². The standard InChI is InChI=1S/C23H22BrN5O3/c24-15-3-5-19-17(11-15)21(18(13-25-19)22(30)14-1-2-14)27-16-4-6-20(26-12-16)28-7-9-29(10-8-28)23(31)32/h3-6,11-14H,1-2,7-10H2,(H,25,27)(H,31,32). The number of nitrogens with one attached hydrogen (secondary N) is 1. The number of carbonyl (C=O) groups excluding carboxylic acids is 1. The average Bonchev–Trinajstić information content (AvgIpc) is 3.65. The van der Waals surface area contributed by atoms with Crippen LogP contribution >= 0.6 is 15.9 Å². The number of amides is 1. The molecule has 0 bridgehead atoms. The molecule has 1 aliphatic carbocycles. The van der Waals surface area contributed by atoms with Gasteiger partial charge < -0.3 is 20.2 Å². The number of ketones is 1. The van der Waals surface area contributed by atoms with Gasteiger partial charge in [0.25, 0.3) is 0 Å². The summed E-state index contributed by atoms with van der Waals surface area (Å²) in [6.07, 6.45) is 4.39. The number of pyridine rings is 2. The SMILES string of the molecule is O=C(c1cnc2ccc(Br)cc2c1Nc1ccc(N2CCN(C(=O)O)CC2)nc1)C1CC1. The van der Waals surface area contributed by atoms with Crippen molar-refractivity contribution in [1.82, 2.24) is 14.9 Å². The predicted octanol–water partition coefficient (Wildman–Crippen LogP) is 4.53. The molecule has 1 saturated carbocycles. The maximum atomic E-state index is 12.9. The van der Waals surface area contributed by atoms with Gasteiger partial charge in [0.2, 0.25) is 0 Å². The molecule has 3 aromatic rings. The summed E-state index contributed by atoms with van der Waals surface area (Å²) in [5.74, 6) is 1.02. The Balaban J connectivity index is 1.41. The highest BCUT2D eigenvalue weighted by atomic mass is 79.9. The van der Waals surface area contributed by atoms with Gasteiger partial charge >= 0.3 is 6.09 Å². The number of Topliss-reactive ketones (excluding diaryl/α,β-unsaturated/α-hetero) is 1. The van der Waals surface area contributed by atoms with E-state index in [2.05, 4.69) is 36.1 Å². The summed E-state index contributed by atoms with van der Waals surface area (Å²) in [5.41, 5.74) is 2.93. The Kier molecular flexibility index (Phi) is 5.42. The number of piperazine rings is 1. The van der Waals surface area contributed by atoms with Crippen molar-refractivity contribution in [3.63, 3.8) is 0 Å². The number of halogens is 1. The van der Waals surface area contributed by atoms with Crippen LogP contribution in [0.5, 0.6) is 0 Å². The number of anilines is 3. The smallest absolute Gasteiger partial charge is 0.407 e. The van der Waals surface area contributed by atoms with E-state index in [-0.39, 0.29) is 11.7 Å². The largest absolute Gasteiger partial charge is 0.465 e. The maximum absolute atomic E-state index is 12.9. The molecule has 32 heavy (non-hydrogen) atoms. The molecular weight excluding hydrogens is 474 g/mol. The average molecular weight is 496 g/mol. The van der Waals surface area contributed by atoms with E-state index < -0.39 is 6.09 Å². The molecule has 2 N–H and O–H groups in total. The van der Waals surface area contributed by atoms with Gasteiger partial charge in [0.1, 0.15) is 5.82 Å². The number of rotatable bonds is 5. The summed E-state index contributed by atoms with van der Waals surface area (Å²) in [6, 6.07) is 9.68. The Labute approximate surface area is 193 Å². The molecular formula is C23H22BrN5O3. The van der Waals surface area contributed by atoms with Crippen molar-refractivity contribution in [2.75, 3.05) is 36.4 Å². The topological polar surface area (TPSA) is 98.7 Å². The maximum Gasteiger partial charge on any atom is 0.407 e. The van der Waals surface area contributed by atoms with E-state index in [1.165, 1.54) is 4.90 Å². The Bertz CT molecular complexity index is 1190. The third-order valence-corrected chi connectivity index (χ3v) is 6.43. The molecule has 0 atom stereocenters. The monoisotopic (exact) mass is 495 g/mol. The Morgan fingerprint density at radius 1 is 1.03 bits per heavy atom. The lowest BCUT2D eigenvalue weighted by Crippen LogP contribution is -2.48. The number of nitrogens with zero attached hydrogens (tertiary/aromatic N) is 4. The van der Waals surface area contributed by atoms with Gasteiger partial charge in [0, 0.05) is 48.2 Å². The van der Waals surface area contributed by atoms with Gasteiger partial charge in [-0.15, -0.1) is 0 Å². The molecule has 8 nitrogen and oxygen atoms in total. The van der Waals surface area contributed by atoms with Crippen molar-refractivity contribution in [2.24, 2.45) is 5.92 Å². The predicted molar refractivity (Wildman–Crippen MR) is 126 cm³/mol. The van der Waals surface area contributed by atoms with Crippen molar-refractivity contribution in [2.45, 2.75) is 12.8 Å². The lowest BCUT2D eigenvalue weighted by atomic mass is 10.0. The van der Waals surface area contributed by atoms with Gasteiger partial charge in [-0.1, -0.05) is 15.9 Å². The summed E-state index contributed by atoms with van der Waals surface area (Å²) in [6.45, 7) is 2.13. The van der Waals surface area contributed by atoms with Gasteiger partial charge in [-0.3, -0.25) is 9.78 Å². The number of benzene rings is 1. The fourth-order valence-electron chi connectivity index (χ4n) is 3.97. The number of carboxylic acid groups (broad SMARTS) is 1. The van der Waals surface area contributed by atoms with Crippen LogP contribution in [0.1, 0.15) is 23.2 Å². The fraction of sp³-hybridized carbons (Fsp3) is 0.304. The minimum Gasteiger partial charge on any atom is -0.465 e. The van der Waals surface area contributed by atoms with Crippen LogP contribution in [0.25, 0.3) is 10.9 Å². The van der Waals surface area contributed by atoms with E-state index in [4.69, 9.17) is 5.11 Å². The molecule has 5 rings (SSSR count). The zero-order valence-electron chi connectivity index (χ0n) is 17.3. The molecule has 2 aliphatic rings. The summed E-state index contributed by atoms with van der Waals surface area (Å²) < 4.78 is 0.917. The molecule has 0 radical (unpaired) electrons. The van der Waals surface area contributed by atoms with E-state index in [0.29, 0.717) is 31.7 Å². The number of fused-ring (bicyclic) bond motifs is 1. The van der Waals surface area contributed by atoms with E-state index in [0.717, 1.165) is 45.4 Å². The Morgan fingerprint density at radius 3 is 2.47 bits per heavy atom. The second kappa shape index (κ2) is 8.38. The Hall–Kier alpha value is -3.20. The minimum absolute atomic E-state index is 0.0897. The first-order valence-electron chi connectivity index (χ1n) is 10.6. The van der Waals surface area contributed by atoms with Gasteiger partial charge in [-0.25, -0.2) is 9.78 Å². The number of carbonyl (C=O) groups is 2. The van der Waals surface area contributed by atoms with Gasteiger partial charge in [-0.2, -0.15) is 0 Å². The molecule has 9 heteroatoms. The van der Waals surface area contributed by atoms with Crippen LogP contribution in [0.2, 0.25) is 0 Å². The van der Waals surface area contributed by atoms with E-state index >= 15 is 0 Å². The van der Waals surface area contributed by atoms with Crippen molar-refractivity contribution < 1.29 is 14.7 Å². The first-order valence-corrected chi connectivity index (χ1v) is 11.4. The molecule has 1 aromatic carbocycles. The lowest BCUT2D eigenvalue weighted by Gasteiger charge is -2.33.